The highest BCUT2D eigenvalue weighted by molar-refractivity contribution is 7.89. The lowest BCUT2D eigenvalue weighted by atomic mass is 10.0. The predicted molar refractivity (Wildman–Crippen MR) is 81.1 cm³/mol. The number of aliphatic hydroxyl groups excluding tert-OH is 1. The van der Waals surface area contributed by atoms with E-state index in [0.717, 1.165) is 4.31 Å². The van der Waals surface area contributed by atoms with Crippen LogP contribution in [0.3, 0.4) is 0 Å². The SMILES string of the molecule is CC(C)[C@@H](CO)Nc1cc(S(=O)(=O)N(C)C)ccc1N. The van der Waals surface area contributed by atoms with E-state index < -0.39 is 10.0 Å². The molecule has 1 aromatic rings. The van der Waals surface area contributed by atoms with E-state index in [1.165, 1.54) is 26.2 Å². The number of aliphatic hydroxyl groups is 1. The second kappa shape index (κ2) is 6.43. The molecule has 0 aliphatic heterocycles. The van der Waals surface area contributed by atoms with E-state index in [2.05, 4.69) is 5.32 Å². The third-order valence-electron chi connectivity index (χ3n) is 3.15. The molecule has 4 N–H and O–H groups in total. The monoisotopic (exact) mass is 301 g/mol. The Balaban J connectivity index is 3.16. The summed E-state index contributed by atoms with van der Waals surface area (Å²) in [6.07, 6.45) is 0. The molecule has 1 aromatic carbocycles. The summed E-state index contributed by atoms with van der Waals surface area (Å²) in [5.41, 5.74) is 6.82. The first-order valence-corrected chi connectivity index (χ1v) is 7.83. The minimum absolute atomic E-state index is 0.0538. The fourth-order valence-corrected chi connectivity index (χ4v) is 2.58. The lowest BCUT2D eigenvalue weighted by molar-refractivity contribution is 0.249. The molecular weight excluding hydrogens is 278 g/mol. The van der Waals surface area contributed by atoms with Crippen LogP contribution in [-0.2, 0) is 10.0 Å². The Bertz CT molecular complexity index is 556. The van der Waals surface area contributed by atoms with Crippen LogP contribution in [0, 0.1) is 5.92 Å². The third kappa shape index (κ3) is 3.62. The molecule has 0 fully saturated rings. The van der Waals surface area contributed by atoms with Gasteiger partial charge in [0.1, 0.15) is 0 Å². The Morgan fingerprint density at radius 1 is 1.35 bits per heavy atom. The van der Waals surface area contributed by atoms with Gasteiger partial charge in [0.2, 0.25) is 10.0 Å². The van der Waals surface area contributed by atoms with Crippen molar-refractivity contribution in [2.75, 3.05) is 31.8 Å². The minimum atomic E-state index is -3.50. The molecule has 1 atom stereocenters. The molecule has 0 spiro atoms. The zero-order valence-electron chi connectivity index (χ0n) is 12.3. The molecule has 0 aliphatic carbocycles. The maximum absolute atomic E-state index is 12.1. The topological polar surface area (TPSA) is 95.7 Å². The van der Waals surface area contributed by atoms with Gasteiger partial charge in [0.25, 0.3) is 0 Å². The number of nitrogens with one attached hydrogen (secondary N) is 1. The van der Waals surface area contributed by atoms with Crippen molar-refractivity contribution in [1.29, 1.82) is 0 Å². The molecule has 0 amide bonds. The first kappa shape index (κ1) is 16.7. The van der Waals surface area contributed by atoms with Crippen LogP contribution >= 0.6 is 0 Å². The molecule has 20 heavy (non-hydrogen) atoms. The van der Waals surface area contributed by atoms with Crippen molar-refractivity contribution < 1.29 is 13.5 Å². The Morgan fingerprint density at radius 3 is 2.40 bits per heavy atom. The average Bonchev–Trinajstić information content (AvgIpc) is 2.36. The van der Waals surface area contributed by atoms with Crippen molar-refractivity contribution in [3.05, 3.63) is 18.2 Å². The van der Waals surface area contributed by atoms with Crippen LogP contribution in [-0.4, -0.2) is 44.6 Å². The lowest BCUT2D eigenvalue weighted by Gasteiger charge is -2.23. The van der Waals surface area contributed by atoms with Gasteiger partial charge in [0.05, 0.1) is 28.9 Å². The molecule has 0 bridgehead atoms. The average molecular weight is 301 g/mol. The second-order valence-electron chi connectivity index (χ2n) is 5.21. The summed E-state index contributed by atoms with van der Waals surface area (Å²) < 4.78 is 25.3. The number of rotatable bonds is 6. The smallest absolute Gasteiger partial charge is 0.242 e. The quantitative estimate of drug-likeness (QED) is 0.680. The summed E-state index contributed by atoms with van der Waals surface area (Å²) in [6, 6.07) is 4.33. The van der Waals surface area contributed by atoms with Crippen LogP contribution in [0.2, 0.25) is 0 Å². The van der Waals surface area contributed by atoms with Crippen LogP contribution in [0.5, 0.6) is 0 Å². The molecule has 0 saturated heterocycles. The van der Waals surface area contributed by atoms with Gasteiger partial charge in [0.15, 0.2) is 0 Å². The summed E-state index contributed by atoms with van der Waals surface area (Å²) >= 11 is 0. The highest BCUT2D eigenvalue weighted by Gasteiger charge is 2.20. The van der Waals surface area contributed by atoms with E-state index in [9.17, 15) is 13.5 Å². The van der Waals surface area contributed by atoms with Crippen molar-refractivity contribution >= 4 is 21.4 Å². The molecule has 0 unspecified atom stereocenters. The number of nitrogens with zero attached hydrogens (tertiary/aromatic N) is 1. The molecule has 7 heteroatoms. The maximum Gasteiger partial charge on any atom is 0.242 e. The first-order chi connectivity index (χ1) is 9.20. The molecule has 0 aliphatic rings. The van der Waals surface area contributed by atoms with E-state index in [1.54, 1.807) is 6.07 Å². The Labute approximate surface area is 120 Å². The van der Waals surface area contributed by atoms with E-state index in [4.69, 9.17) is 5.73 Å². The predicted octanol–water partition coefficient (Wildman–Crippen LogP) is 0.948. The van der Waals surface area contributed by atoms with Gasteiger partial charge >= 0.3 is 0 Å². The van der Waals surface area contributed by atoms with Gasteiger partial charge in [-0.1, -0.05) is 13.8 Å². The van der Waals surface area contributed by atoms with E-state index in [0.29, 0.717) is 11.4 Å². The number of anilines is 2. The van der Waals surface area contributed by atoms with Crippen molar-refractivity contribution in [3.63, 3.8) is 0 Å². The van der Waals surface area contributed by atoms with Gasteiger partial charge in [0, 0.05) is 14.1 Å². The number of nitrogen functional groups attached to an aromatic ring is 1. The van der Waals surface area contributed by atoms with Gasteiger partial charge in [-0.25, -0.2) is 12.7 Å². The fourth-order valence-electron chi connectivity index (χ4n) is 1.65. The largest absolute Gasteiger partial charge is 0.397 e. The number of sulfonamides is 1. The Hall–Kier alpha value is -1.31. The molecule has 0 aromatic heterocycles. The third-order valence-corrected chi connectivity index (χ3v) is 4.96. The number of hydrogen-bond donors (Lipinski definition) is 3. The second-order valence-corrected chi connectivity index (χ2v) is 7.37. The van der Waals surface area contributed by atoms with Crippen molar-refractivity contribution in [3.8, 4) is 0 Å². The highest BCUT2D eigenvalue weighted by Crippen LogP contribution is 2.25. The van der Waals surface area contributed by atoms with Crippen LogP contribution in [0.15, 0.2) is 23.1 Å². The number of nitrogens with two attached hydrogens (primary N) is 1. The van der Waals surface area contributed by atoms with Crippen LogP contribution in [0.4, 0.5) is 11.4 Å². The molecule has 1 rings (SSSR count). The summed E-state index contributed by atoms with van der Waals surface area (Å²) in [7, 11) is -0.552. The summed E-state index contributed by atoms with van der Waals surface area (Å²) in [5, 5.41) is 12.4. The van der Waals surface area contributed by atoms with Crippen LogP contribution in [0.25, 0.3) is 0 Å². The summed E-state index contributed by atoms with van der Waals surface area (Å²) in [4.78, 5) is 0.166. The molecule has 0 radical (unpaired) electrons. The number of hydrogen-bond acceptors (Lipinski definition) is 5. The van der Waals surface area contributed by atoms with Crippen LogP contribution in [0.1, 0.15) is 13.8 Å². The molecular formula is C13H23N3O3S. The fraction of sp³-hybridized carbons (Fsp3) is 0.538. The van der Waals surface area contributed by atoms with E-state index >= 15 is 0 Å². The van der Waals surface area contributed by atoms with Crippen molar-refractivity contribution in [2.24, 2.45) is 5.92 Å². The standard InChI is InChI=1S/C13H23N3O3S/c1-9(2)13(8-17)15-12-7-10(5-6-11(12)14)20(18,19)16(3)4/h5-7,9,13,15,17H,8,14H2,1-4H3/t13-/m1/s1. The van der Waals surface area contributed by atoms with E-state index in [1.807, 2.05) is 13.8 Å². The lowest BCUT2D eigenvalue weighted by Crippen LogP contribution is -2.30. The summed E-state index contributed by atoms with van der Waals surface area (Å²) in [6.45, 7) is 3.87. The van der Waals surface area contributed by atoms with Crippen LogP contribution < -0.4 is 11.1 Å². The molecule has 0 heterocycles. The van der Waals surface area contributed by atoms with Crippen molar-refractivity contribution in [1.82, 2.24) is 4.31 Å². The molecule has 6 nitrogen and oxygen atoms in total. The Morgan fingerprint density at radius 2 is 1.95 bits per heavy atom. The maximum atomic E-state index is 12.1. The summed E-state index contributed by atoms with van der Waals surface area (Å²) in [5.74, 6) is 0.188. The first-order valence-electron chi connectivity index (χ1n) is 6.39. The highest BCUT2D eigenvalue weighted by atomic mass is 32.2. The van der Waals surface area contributed by atoms with E-state index in [-0.39, 0.29) is 23.5 Å². The zero-order valence-corrected chi connectivity index (χ0v) is 13.1. The molecule has 0 saturated carbocycles. The minimum Gasteiger partial charge on any atom is -0.397 e. The zero-order chi connectivity index (χ0) is 15.5. The van der Waals surface area contributed by atoms with Gasteiger partial charge < -0.3 is 16.2 Å². The molecule has 114 valence electrons. The number of benzene rings is 1. The van der Waals surface area contributed by atoms with Crippen molar-refractivity contribution in [2.45, 2.75) is 24.8 Å². The van der Waals surface area contributed by atoms with Gasteiger partial charge in [-0.3, -0.25) is 0 Å². The van der Waals surface area contributed by atoms with Gasteiger partial charge in [-0.05, 0) is 24.1 Å². The normalized spacial score (nSPS) is 13.8. The Kier molecular flexibility index (Phi) is 5.38. The van der Waals surface area contributed by atoms with Gasteiger partial charge in [-0.2, -0.15) is 0 Å². The van der Waals surface area contributed by atoms with Gasteiger partial charge in [-0.15, -0.1) is 0 Å².